The molecule has 1 unspecified atom stereocenters. The van der Waals surface area contributed by atoms with E-state index in [1.807, 2.05) is 0 Å². The van der Waals surface area contributed by atoms with Gasteiger partial charge in [-0.05, 0) is 25.1 Å². The molecule has 5 heteroatoms. The van der Waals surface area contributed by atoms with Crippen molar-refractivity contribution in [3.63, 3.8) is 0 Å². The Bertz CT molecular complexity index is 451. The van der Waals surface area contributed by atoms with Crippen LogP contribution in [0.5, 0.6) is 0 Å². The monoisotopic (exact) mass is 287 g/mol. The second-order valence-electron chi connectivity index (χ2n) is 4.44. The molecule has 1 aliphatic heterocycles. The van der Waals surface area contributed by atoms with E-state index in [4.69, 9.17) is 27.9 Å². The number of ether oxygens (including phenoxy) is 1. The Morgan fingerprint density at radius 2 is 2.28 bits per heavy atom. The Labute approximate surface area is 117 Å². The number of carbonyl (C=O) groups is 1. The van der Waals surface area contributed by atoms with Gasteiger partial charge in [0.25, 0.3) is 0 Å². The fraction of sp³-hybridized carbons (Fsp3) is 0.462. The molecule has 1 atom stereocenters. The number of hydrogen-bond acceptors (Lipinski definition) is 3. The first kappa shape index (κ1) is 13.8. The number of benzene rings is 1. The lowest BCUT2D eigenvalue weighted by atomic mass is 10.1. The van der Waals surface area contributed by atoms with Crippen LogP contribution in [0.25, 0.3) is 0 Å². The second-order valence-corrected chi connectivity index (χ2v) is 5.29. The lowest BCUT2D eigenvalue weighted by molar-refractivity contribution is 0.00201. The molecule has 0 saturated carbocycles. The maximum atomic E-state index is 12.2. The summed E-state index contributed by atoms with van der Waals surface area (Å²) in [5.74, 6) is 0.0189. The van der Waals surface area contributed by atoms with Gasteiger partial charge in [-0.3, -0.25) is 9.69 Å². The van der Waals surface area contributed by atoms with Crippen LogP contribution >= 0.6 is 23.2 Å². The van der Waals surface area contributed by atoms with Gasteiger partial charge in [0.2, 0.25) is 0 Å². The van der Waals surface area contributed by atoms with Crippen LogP contribution in [0.15, 0.2) is 18.2 Å². The number of hydrogen-bond donors (Lipinski definition) is 0. The van der Waals surface area contributed by atoms with E-state index in [9.17, 15) is 4.79 Å². The predicted octanol–water partition coefficient (Wildman–Crippen LogP) is 2.90. The van der Waals surface area contributed by atoms with E-state index in [0.29, 0.717) is 35.4 Å². The summed E-state index contributed by atoms with van der Waals surface area (Å²) in [5, 5.41) is 0.949. The Hall–Kier alpha value is -0.610. The van der Waals surface area contributed by atoms with Gasteiger partial charge < -0.3 is 4.74 Å². The summed E-state index contributed by atoms with van der Waals surface area (Å²) in [7, 11) is 0. The molecular weight excluding hydrogens is 273 g/mol. The van der Waals surface area contributed by atoms with Crippen molar-refractivity contribution in [1.82, 2.24) is 4.90 Å². The van der Waals surface area contributed by atoms with Crippen molar-refractivity contribution in [3.8, 4) is 0 Å². The predicted molar refractivity (Wildman–Crippen MR) is 72.6 cm³/mol. The zero-order chi connectivity index (χ0) is 13.1. The Morgan fingerprint density at radius 1 is 1.50 bits per heavy atom. The van der Waals surface area contributed by atoms with Gasteiger partial charge in [-0.25, -0.2) is 0 Å². The normalized spacial score (nSPS) is 20.9. The molecule has 1 aromatic carbocycles. The third-order valence-electron chi connectivity index (χ3n) is 3.08. The first-order valence-corrected chi connectivity index (χ1v) is 6.63. The van der Waals surface area contributed by atoms with Gasteiger partial charge >= 0.3 is 0 Å². The van der Waals surface area contributed by atoms with E-state index < -0.39 is 0 Å². The minimum Gasteiger partial charge on any atom is -0.379 e. The third-order valence-corrected chi connectivity index (χ3v) is 3.63. The Balaban J connectivity index is 2.07. The van der Waals surface area contributed by atoms with Crippen molar-refractivity contribution in [3.05, 3.63) is 33.8 Å². The van der Waals surface area contributed by atoms with Crippen molar-refractivity contribution >= 4 is 29.0 Å². The molecule has 0 spiro atoms. The highest BCUT2D eigenvalue weighted by atomic mass is 35.5. The molecule has 1 fully saturated rings. The van der Waals surface area contributed by atoms with Crippen LogP contribution in [0.4, 0.5) is 0 Å². The molecule has 18 heavy (non-hydrogen) atoms. The number of halogens is 2. The molecule has 98 valence electrons. The van der Waals surface area contributed by atoms with Gasteiger partial charge in [0.1, 0.15) is 0 Å². The van der Waals surface area contributed by atoms with Gasteiger partial charge in [-0.1, -0.05) is 23.2 Å². The number of ketones is 1. The summed E-state index contributed by atoms with van der Waals surface area (Å²) in [5.41, 5.74) is 0.528. The van der Waals surface area contributed by atoms with Gasteiger partial charge in [0, 0.05) is 23.2 Å². The maximum absolute atomic E-state index is 12.2. The van der Waals surface area contributed by atoms with Crippen LogP contribution in [0.3, 0.4) is 0 Å². The van der Waals surface area contributed by atoms with E-state index in [-0.39, 0.29) is 11.8 Å². The molecule has 1 saturated heterocycles. The number of nitrogens with zero attached hydrogens (tertiary/aromatic N) is 1. The number of carbonyl (C=O) groups excluding carboxylic acids is 1. The zero-order valence-electron chi connectivity index (χ0n) is 10.2. The van der Waals surface area contributed by atoms with E-state index in [2.05, 4.69) is 11.8 Å². The maximum Gasteiger partial charge on any atom is 0.178 e. The van der Waals surface area contributed by atoms with Crippen molar-refractivity contribution in [2.75, 3.05) is 26.3 Å². The van der Waals surface area contributed by atoms with Gasteiger partial charge in [0.05, 0.1) is 24.8 Å². The SMILES string of the molecule is CC1COCCN1CC(=O)c1ccc(Cl)cc1Cl. The summed E-state index contributed by atoms with van der Waals surface area (Å²) in [6, 6.07) is 5.22. The van der Waals surface area contributed by atoms with Crippen LogP contribution in [-0.4, -0.2) is 43.0 Å². The average Bonchev–Trinajstić information content (AvgIpc) is 2.32. The number of morpholine rings is 1. The summed E-state index contributed by atoms with van der Waals surface area (Å²) in [6.07, 6.45) is 0. The van der Waals surface area contributed by atoms with Crippen molar-refractivity contribution in [2.24, 2.45) is 0 Å². The molecule has 0 amide bonds. The lowest BCUT2D eigenvalue weighted by Crippen LogP contribution is -2.46. The summed E-state index contributed by atoms with van der Waals surface area (Å²) >= 11 is 11.8. The summed E-state index contributed by atoms with van der Waals surface area (Å²) in [6.45, 7) is 4.54. The van der Waals surface area contributed by atoms with Crippen LogP contribution < -0.4 is 0 Å². The molecule has 0 aromatic heterocycles. The lowest BCUT2D eigenvalue weighted by Gasteiger charge is -2.32. The van der Waals surface area contributed by atoms with E-state index >= 15 is 0 Å². The minimum atomic E-state index is 0.0189. The molecule has 1 heterocycles. The molecule has 1 aliphatic rings. The van der Waals surface area contributed by atoms with E-state index in [0.717, 1.165) is 6.54 Å². The van der Waals surface area contributed by atoms with Gasteiger partial charge in [0.15, 0.2) is 5.78 Å². The highest BCUT2D eigenvalue weighted by Gasteiger charge is 2.22. The highest BCUT2D eigenvalue weighted by molar-refractivity contribution is 6.36. The number of Topliss-reactive ketones (excluding diaryl/α,β-unsaturated/α-hetero) is 1. The zero-order valence-corrected chi connectivity index (χ0v) is 11.7. The molecule has 3 nitrogen and oxygen atoms in total. The second kappa shape index (κ2) is 6.02. The topological polar surface area (TPSA) is 29.5 Å². The smallest absolute Gasteiger partial charge is 0.178 e. The van der Waals surface area contributed by atoms with Gasteiger partial charge in [-0.15, -0.1) is 0 Å². The highest BCUT2D eigenvalue weighted by Crippen LogP contribution is 2.22. The summed E-state index contributed by atoms with van der Waals surface area (Å²) < 4.78 is 5.34. The van der Waals surface area contributed by atoms with Crippen LogP contribution in [0, 0.1) is 0 Å². The van der Waals surface area contributed by atoms with Crippen LogP contribution in [0.1, 0.15) is 17.3 Å². The molecule has 2 rings (SSSR count). The standard InChI is InChI=1S/C13H15Cl2NO2/c1-9-8-18-5-4-16(9)7-13(17)11-3-2-10(14)6-12(11)15/h2-3,6,9H,4-5,7-8H2,1H3. The van der Waals surface area contributed by atoms with Crippen molar-refractivity contribution in [1.29, 1.82) is 0 Å². The molecule has 0 radical (unpaired) electrons. The van der Waals surface area contributed by atoms with E-state index in [1.54, 1.807) is 18.2 Å². The third kappa shape index (κ3) is 3.23. The largest absolute Gasteiger partial charge is 0.379 e. The van der Waals surface area contributed by atoms with Crippen LogP contribution in [0.2, 0.25) is 10.0 Å². The van der Waals surface area contributed by atoms with Gasteiger partial charge in [-0.2, -0.15) is 0 Å². The molecule has 0 aliphatic carbocycles. The number of rotatable bonds is 3. The molecule has 0 N–H and O–H groups in total. The Morgan fingerprint density at radius 3 is 2.94 bits per heavy atom. The summed E-state index contributed by atoms with van der Waals surface area (Å²) in [4.78, 5) is 14.3. The quantitative estimate of drug-likeness (QED) is 0.801. The molecule has 1 aromatic rings. The first-order valence-electron chi connectivity index (χ1n) is 5.88. The average molecular weight is 288 g/mol. The first-order chi connectivity index (χ1) is 8.58. The molecule has 0 bridgehead atoms. The van der Waals surface area contributed by atoms with Crippen molar-refractivity contribution < 1.29 is 9.53 Å². The fourth-order valence-electron chi connectivity index (χ4n) is 1.98. The Kier molecular flexibility index (Phi) is 4.62. The minimum absolute atomic E-state index is 0.0189. The van der Waals surface area contributed by atoms with Crippen molar-refractivity contribution in [2.45, 2.75) is 13.0 Å². The van der Waals surface area contributed by atoms with Crippen LogP contribution in [-0.2, 0) is 4.74 Å². The fourth-order valence-corrected chi connectivity index (χ4v) is 2.50. The van der Waals surface area contributed by atoms with E-state index in [1.165, 1.54) is 0 Å². The molecular formula is C13H15Cl2NO2.